The van der Waals surface area contributed by atoms with Crippen molar-refractivity contribution in [2.45, 2.75) is 20.3 Å². The summed E-state index contributed by atoms with van der Waals surface area (Å²) in [5.41, 5.74) is 2.87. The van der Waals surface area contributed by atoms with Crippen molar-refractivity contribution >= 4 is 0 Å². The maximum absolute atomic E-state index is 4.80. The highest BCUT2D eigenvalue weighted by atomic mass is 16.6. The molecule has 0 N–H and O–H groups in total. The molecule has 2 aromatic rings. The predicted molar refractivity (Wildman–Crippen MR) is 58.3 cm³/mol. The van der Waals surface area contributed by atoms with Crippen molar-refractivity contribution in [2.24, 2.45) is 5.92 Å². The normalized spacial score (nSPS) is 10.9. The zero-order chi connectivity index (χ0) is 10.7. The molecule has 0 radical (unpaired) electrons. The number of benzene rings is 1. The highest BCUT2D eigenvalue weighted by Gasteiger charge is 2.12. The summed E-state index contributed by atoms with van der Waals surface area (Å²) in [7, 11) is 0. The van der Waals surface area contributed by atoms with E-state index in [9.17, 15) is 0 Å². The highest BCUT2D eigenvalue weighted by molar-refractivity contribution is 5.60. The van der Waals surface area contributed by atoms with Gasteiger partial charge in [0.1, 0.15) is 11.4 Å². The Morgan fingerprint density at radius 1 is 1.13 bits per heavy atom. The summed E-state index contributed by atoms with van der Waals surface area (Å²) in [4.78, 5) is 0. The van der Waals surface area contributed by atoms with Crippen LogP contribution in [0.1, 0.15) is 19.5 Å². The van der Waals surface area contributed by atoms with Crippen LogP contribution in [-0.4, -0.2) is 10.3 Å². The van der Waals surface area contributed by atoms with Gasteiger partial charge in [0.25, 0.3) is 0 Å². The molecule has 2 rings (SSSR count). The van der Waals surface area contributed by atoms with E-state index in [0.717, 1.165) is 23.4 Å². The second-order valence-electron chi connectivity index (χ2n) is 4.02. The quantitative estimate of drug-likeness (QED) is 0.768. The molecule has 3 nitrogen and oxygen atoms in total. The smallest absolute Gasteiger partial charge is 0.138 e. The molecule has 1 heterocycles. The SMILES string of the molecule is CC(C)Cc1nonc1-c1ccccc1. The summed E-state index contributed by atoms with van der Waals surface area (Å²) in [6, 6.07) is 10.00. The molecule has 0 aliphatic heterocycles. The largest absolute Gasteiger partial charge is 0.244 e. The van der Waals surface area contributed by atoms with Crippen molar-refractivity contribution in [1.82, 2.24) is 10.3 Å². The van der Waals surface area contributed by atoms with Gasteiger partial charge in [-0.15, -0.1) is 0 Å². The summed E-state index contributed by atoms with van der Waals surface area (Å²) in [5.74, 6) is 0.555. The lowest BCUT2D eigenvalue weighted by Gasteiger charge is -2.01. The average molecular weight is 202 g/mol. The first kappa shape index (κ1) is 9.90. The van der Waals surface area contributed by atoms with Crippen LogP contribution in [0.15, 0.2) is 35.0 Å². The Labute approximate surface area is 89.1 Å². The third kappa shape index (κ3) is 2.24. The summed E-state index contributed by atoms with van der Waals surface area (Å²) in [6.45, 7) is 4.31. The van der Waals surface area contributed by atoms with Crippen LogP contribution < -0.4 is 0 Å². The lowest BCUT2D eigenvalue weighted by Crippen LogP contribution is -1.96. The Morgan fingerprint density at radius 3 is 2.53 bits per heavy atom. The van der Waals surface area contributed by atoms with Crippen LogP contribution in [0, 0.1) is 5.92 Å². The fourth-order valence-corrected chi connectivity index (χ4v) is 1.54. The minimum Gasteiger partial charge on any atom is -0.244 e. The van der Waals surface area contributed by atoms with Gasteiger partial charge in [0, 0.05) is 5.56 Å². The van der Waals surface area contributed by atoms with E-state index in [1.807, 2.05) is 30.3 Å². The fraction of sp³-hybridized carbons (Fsp3) is 0.333. The maximum Gasteiger partial charge on any atom is 0.138 e. The molecule has 0 saturated heterocycles. The molecule has 0 aliphatic rings. The van der Waals surface area contributed by atoms with Gasteiger partial charge < -0.3 is 0 Å². The number of hydrogen-bond donors (Lipinski definition) is 0. The summed E-state index contributed by atoms with van der Waals surface area (Å²) >= 11 is 0. The van der Waals surface area contributed by atoms with Crippen LogP contribution in [0.2, 0.25) is 0 Å². The van der Waals surface area contributed by atoms with Crippen LogP contribution in [-0.2, 0) is 6.42 Å². The van der Waals surface area contributed by atoms with E-state index in [1.165, 1.54) is 0 Å². The third-order valence-corrected chi connectivity index (χ3v) is 2.21. The summed E-state index contributed by atoms with van der Waals surface area (Å²) in [6.07, 6.45) is 0.897. The van der Waals surface area contributed by atoms with E-state index in [4.69, 9.17) is 4.63 Å². The molecular weight excluding hydrogens is 188 g/mol. The lowest BCUT2D eigenvalue weighted by atomic mass is 10.0. The van der Waals surface area contributed by atoms with Gasteiger partial charge in [-0.3, -0.25) is 0 Å². The number of hydrogen-bond acceptors (Lipinski definition) is 3. The van der Waals surface area contributed by atoms with Gasteiger partial charge in [-0.05, 0) is 17.5 Å². The molecule has 0 fully saturated rings. The highest BCUT2D eigenvalue weighted by Crippen LogP contribution is 2.21. The van der Waals surface area contributed by atoms with E-state index < -0.39 is 0 Å². The van der Waals surface area contributed by atoms with Crippen molar-refractivity contribution in [3.8, 4) is 11.3 Å². The summed E-state index contributed by atoms with van der Waals surface area (Å²) in [5, 5.41) is 7.90. The Hall–Kier alpha value is -1.64. The van der Waals surface area contributed by atoms with E-state index in [-0.39, 0.29) is 0 Å². The molecule has 0 saturated carbocycles. The minimum atomic E-state index is 0.555. The van der Waals surface area contributed by atoms with Crippen LogP contribution in [0.5, 0.6) is 0 Å². The van der Waals surface area contributed by atoms with Gasteiger partial charge in [-0.2, -0.15) is 0 Å². The molecule has 0 spiro atoms. The van der Waals surface area contributed by atoms with Gasteiger partial charge in [-0.1, -0.05) is 49.3 Å². The Balaban J connectivity index is 2.33. The van der Waals surface area contributed by atoms with Crippen molar-refractivity contribution < 1.29 is 4.63 Å². The Bertz CT molecular complexity index is 420. The molecule has 3 heteroatoms. The number of aromatic nitrogens is 2. The zero-order valence-corrected chi connectivity index (χ0v) is 8.97. The summed E-state index contributed by atoms with van der Waals surface area (Å²) < 4.78 is 4.80. The molecule has 0 amide bonds. The molecule has 1 aromatic heterocycles. The predicted octanol–water partition coefficient (Wildman–Crippen LogP) is 2.94. The molecule has 78 valence electrons. The molecule has 15 heavy (non-hydrogen) atoms. The minimum absolute atomic E-state index is 0.555. The van der Waals surface area contributed by atoms with Crippen molar-refractivity contribution in [3.05, 3.63) is 36.0 Å². The van der Waals surface area contributed by atoms with Gasteiger partial charge in [0.2, 0.25) is 0 Å². The van der Waals surface area contributed by atoms with Crippen LogP contribution in [0.3, 0.4) is 0 Å². The van der Waals surface area contributed by atoms with Crippen molar-refractivity contribution in [2.75, 3.05) is 0 Å². The first-order valence-corrected chi connectivity index (χ1v) is 5.14. The molecule has 0 aliphatic carbocycles. The molecule has 1 aromatic carbocycles. The Morgan fingerprint density at radius 2 is 1.87 bits per heavy atom. The van der Waals surface area contributed by atoms with E-state index in [1.54, 1.807) is 0 Å². The molecular formula is C12H14N2O. The third-order valence-electron chi connectivity index (χ3n) is 2.21. The van der Waals surface area contributed by atoms with Crippen LogP contribution in [0.4, 0.5) is 0 Å². The Kier molecular flexibility index (Phi) is 2.81. The van der Waals surface area contributed by atoms with Crippen molar-refractivity contribution in [1.29, 1.82) is 0 Å². The number of rotatable bonds is 3. The van der Waals surface area contributed by atoms with E-state index in [0.29, 0.717) is 5.92 Å². The maximum atomic E-state index is 4.80. The van der Waals surface area contributed by atoms with Gasteiger partial charge >= 0.3 is 0 Å². The van der Waals surface area contributed by atoms with E-state index >= 15 is 0 Å². The average Bonchev–Trinajstić information content (AvgIpc) is 2.66. The van der Waals surface area contributed by atoms with Gasteiger partial charge in [-0.25, -0.2) is 4.63 Å². The zero-order valence-electron chi connectivity index (χ0n) is 8.97. The molecule has 0 bridgehead atoms. The number of nitrogens with zero attached hydrogens (tertiary/aromatic N) is 2. The first-order chi connectivity index (χ1) is 7.27. The second-order valence-corrected chi connectivity index (χ2v) is 4.02. The fourth-order valence-electron chi connectivity index (χ4n) is 1.54. The lowest BCUT2D eigenvalue weighted by molar-refractivity contribution is 0.303. The second kappa shape index (κ2) is 4.26. The molecule has 0 atom stereocenters. The van der Waals surface area contributed by atoms with Gasteiger partial charge in [0.05, 0.1) is 0 Å². The standard InChI is InChI=1S/C12H14N2O/c1-9(2)8-11-12(14-15-13-11)10-6-4-3-5-7-10/h3-7,9H,8H2,1-2H3. The topological polar surface area (TPSA) is 38.9 Å². The monoisotopic (exact) mass is 202 g/mol. The van der Waals surface area contributed by atoms with Crippen LogP contribution >= 0.6 is 0 Å². The van der Waals surface area contributed by atoms with Crippen LogP contribution in [0.25, 0.3) is 11.3 Å². The van der Waals surface area contributed by atoms with E-state index in [2.05, 4.69) is 24.2 Å². The molecule has 0 unspecified atom stereocenters. The van der Waals surface area contributed by atoms with Gasteiger partial charge in [0.15, 0.2) is 0 Å². The van der Waals surface area contributed by atoms with Crippen molar-refractivity contribution in [3.63, 3.8) is 0 Å². The first-order valence-electron chi connectivity index (χ1n) is 5.14.